The molecule has 21 heteroatoms. The molecule has 0 spiro atoms. The fourth-order valence-corrected chi connectivity index (χ4v) is 22.1. The Kier molecular flexibility index (Phi) is 29.5. The number of aliphatic hydroxyl groups is 4. The SMILES string of the molecule is C=C1C[C@@H]2CCC(=O)/C=C/[C@H](O[Si](C)(C)C(C)(C)C)[C@@H]3O[C@H]4CCC(CC(=O)C[C@@H]5[C@@H](C)[C@@H](C[C@H](C)CC)O[C@H]5C[C@H]5OC(CC[C@@H]1O2)C[C@@H](C)C5=C)O[C@@H]4[C@H](C)[C@@H]3C.C=C1C[C@@H]2CCC(=O)CC3O[C@H]4[C@@H](O)[C@H]5OC(CC[C@@H]5O[C@H]4[C@H]3O)CC(=O)C[C@@H]3[C@@H](C)[C@@H](C[C@H](O)CO)O[C@H]3C[C@H]3OC(CC[C@@H]1O2)C[C@@H](C)C3=C. The summed E-state index contributed by atoms with van der Waals surface area (Å²) in [4.78, 5) is 54.6. The highest BCUT2D eigenvalue weighted by Gasteiger charge is 2.58. The van der Waals surface area contributed by atoms with Gasteiger partial charge in [-0.15, -0.1) is 0 Å². The molecule has 5 unspecified atom stereocenters. The van der Waals surface area contributed by atoms with Gasteiger partial charge in [-0.3, -0.25) is 19.2 Å². The van der Waals surface area contributed by atoms with Gasteiger partial charge in [0.05, 0.1) is 135 Å². The molecule has 0 aliphatic carbocycles. The largest absolute Gasteiger partial charge is 0.408 e. The molecule has 15 aliphatic rings. The van der Waals surface area contributed by atoms with E-state index < -0.39 is 63.3 Å². The lowest BCUT2D eigenvalue weighted by atomic mass is 9.76. The summed E-state index contributed by atoms with van der Waals surface area (Å²) in [6, 6.07) is 0. The number of allylic oxidation sites excluding steroid dienone is 1. The van der Waals surface area contributed by atoms with E-state index in [0.29, 0.717) is 69.6 Å². The van der Waals surface area contributed by atoms with Crippen molar-refractivity contribution >= 4 is 31.5 Å². The Morgan fingerprint density at radius 2 is 0.937 bits per heavy atom. The lowest BCUT2D eigenvalue weighted by Crippen LogP contribution is -2.61. The second kappa shape index (κ2) is 37.5. The average Bonchev–Trinajstić information content (AvgIpc) is 1.67. The van der Waals surface area contributed by atoms with Crippen molar-refractivity contribution in [2.45, 2.75) is 420 Å². The third-order valence-corrected chi connectivity index (χ3v) is 34.0. The van der Waals surface area contributed by atoms with Gasteiger partial charge < -0.3 is 77.0 Å². The number of carbonyl (C=O) groups excluding carboxylic acids is 4. The van der Waals surface area contributed by atoms with Crippen LogP contribution in [0.3, 0.4) is 0 Å². The number of ketones is 4. The first-order valence-electron chi connectivity index (χ1n) is 43.6. The van der Waals surface area contributed by atoms with Crippen LogP contribution in [-0.4, -0.2) is 217 Å². The third-order valence-electron chi connectivity index (χ3n) is 29.6. The Bertz CT molecular complexity index is 3250. The molecule has 0 aromatic carbocycles. The third kappa shape index (κ3) is 20.8. The molecule has 12 fully saturated rings. The van der Waals surface area contributed by atoms with Crippen molar-refractivity contribution < 1.29 is 96.1 Å². The first-order chi connectivity index (χ1) is 52.6. The molecule has 626 valence electrons. The molecule has 35 atom stereocenters. The molecule has 15 rings (SSSR count). The quantitative estimate of drug-likeness (QED) is 0.130. The van der Waals surface area contributed by atoms with Crippen LogP contribution in [0.15, 0.2) is 60.8 Å². The van der Waals surface area contributed by atoms with E-state index in [1.54, 1.807) is 6.08 Å². The summed E-state index contributed by atoms with van der Waals surface area (Å²) in [5, 5.41) is 42.5. The lowest BCUT2D eigenvalue weighted by molar-refractivity contribution is -0.259. The second-order valence-electron chi connectivity index (χ2n) is 38.7. The summed E-state index contributed by atoms with van der Waals surface area (Å²) in [6.07, 6.45) is 10.9. The second-order valence-corrected chi connectivity index (χ2v) is 43.4. The van der Waals surface area contributed by atoms with Gasteiger partial charge in [0.1, 0.15) is 47.9 Å². The van der Waals surface area contributed by atoms with Crippen LogP contribution < -0.4 is 0 Å². The highest BCUT2D eigenvalue weighted by atomic mass is 28.4. The summed E-state index contributed by atoms with van der Waals surface area (Å²) >= 11 is 0. The maximum atomic E-state index is 14.2. The molecular weight excluding hydrogens is 1430 g/mol. The normalized spacial score (nSPS) is 45.6. The van der Waals surface area contributed by atoms with Crippen molar-refractivity contribution in [3.63, 3.8) is 0 Å². The fraction of sp³-hybridized carbons (Fsp3) is 0.844. The molecule has 0 aromatic rings. The number of fused-ring (bicyclic) bond motifs is 9. The Labute approximate surface area is 664 Å². The van der Waals surface area contributed by atoms with Crippen molar-refractivity contribution in [1.29, 1.82) is 0 Å². The smallest absolute Gasteiger partial charge is 0.193 e. The van der Waals surface area contributed by atoms with Gasteiger partial charge in [0.15, 0.2) is 14.1 Å². The van der Waals surface area contributed by atoms with Gasteiger partial charge in [-0.1, -0.05) is 115 Å². The van der Waals surface area contributed by atoms with E-state index in [9.17, 15) is 39.6 Å². The molecule has 16 bridgehead atoms. The number of carbonyl (C=O) groups is 4. The Morgan fingerprint density at radius 3 is 1.47 bits per heavy atom. The zero-order valence-corrected chi connectivity index (χ0v) is 70.6. The van der Waals surface area contributed by atoms with Crippen LogP contribution >= 0.6 is 0 Å². The van der Waals surface area contributed by atoms with Crippen molar-refractivity contribution in [1.82, 2.24) is 0 Å². The van der Waals surface area contributed by atoms with Crippen LogP contribution in [0, 0.1) is 53.3 Å². The molecular formula is C90H142O20Si. The van der Waals surface area contributed by atoms with Crippen molar-refractivity contribution in [3.8, 4) is 0 Å². The van der Waals surface area contributed by atoms with Gasteiger partial charge >= 0.3 is 0 Å². The number of ether oxygens (including phenoxy) is 11. The molecule has 0 aromatic heterocycles. The molecule has 0 amide bonds. The number of Topliss-reactive ketones (excluding diaryl/α,β-unsaturated/α-hetero) is 3. The van der Waals surface area contributed by atoms with E-state index in [2.05, 4.69) is 116 Å². The minimum absolute atomic E-state index is 0.00479. The van der Waals surface area contributed by atoms with Gasteiger partial charge in [-0.05, 0) is 196 Å². The van der Waals surface area contributed by atoms with Crippen molar-refractivity contribution in [3.05, 3.63) is 60.8 Å². The zero-order chi connectivity index (χ0) is 79.8. The van der Waals surface area contributed by atoms with Crippen LogP contribution in [0.25, 0.3) is 0 Å². The standard InChI is InChI=1S/C50H82O8Si.C40H60O12/c1-14-29(2)23-45-35(8)41-27-37(52)26-40-19-22-43-48(55-40)33(6)34(7)49(57-43)44(58-59(12,13)50(9,10)11)20-16-36(51)15-17-38-25-31(4)42(53-38)21-18-39-24-30(3)32(5)46(54-39)28-47(41)56-45;1-19-11-27-7-9-30-20(2)12-26(47-30)6-5-23(42)15-35-36(45)39-40(52-35)37(46)38-31(51-39)10-8-28(49-38)13-24(43)14-29-22(4)32(16-25(44)18-41)50-34(29)17-33(48-27)21(19)3/h16,20,29-30,33-35,38-49H,4-5,14-15,17-19,21-28H2,1-3,6-13H3;19,22,25-41,44-46H,2-3,5-18H2,1,4H3/b20-16+;/t29-,30-,33-,34+,35-,38+,39?,40?,41-,42+,43+,44+,45-,46-,47+,48-,49-;19-,22-,25+,26+,27?,28?,29-,30+,31+,32-,33-,34+,35?,36+,37+,38+,39+,40+/m11/s1. The summed E-state index contributed by atoms with van der Waals surface area (Å²) in [5.41, 5.74) is 4.30. The van der Waals surface area contributed by atoms with Gasteiger partial charge in [-0.25, -0.2) is 0 Å². The predicted molar refractivity (Wildman–Crippen MR) is 425 cm³/mol. The Hall–Kier alpha value is -3.04. The van der Waals surface area contributed by atoms with E-state index in [-0.39, 0.29) is 212 Å². The molecule has 20 nitrogen and oxygen atoms in total. The molecule has 15 aliphatic heterocycles. The predicted octanol–water partition coefficient (Wildman–Crippen LogP) is 13.8. The fourth-order valence-electron chi connectivity index (χ4n) is 20.9. The van der Waals surface area contributed by atoms with Crippen molar-refractivity contribution in [2.75, 3.05) is 6.61 Å². The average molecular weight is 1570 g/mol. The number of rotatable bonds is 8. The molecule has 15 heterocycles. The Balaban J connectivity index is 0.000000208. The van der Waals surface area contributed by atoms with Gasteiger partial charge in [0.25, 0.3) is 0 Å². The monoisotopic (exact) mass is 1570 g/mol. The lowest BCUT2D eigenvalue weighted by Gasteiger charge is -2.51. The van der Waals surface area contributed by atoms with E-state index >= 15 is 0 Å². The van der Waals surface area contributed by atoms with Crippen LogP contribution in [0.5, 0.6) is 0 Å². The number of hydrogen-bond donors (Lipinski definition) is 4. The van der Waals surface area contributed by atoms with Gasteiger partial charge in [0.2, 0.25) is 0 Å². The molecule has 4 N–H and O–H groups in total. The zero-order valence-electron chi connectivity index (χ0n) is 69.6. The number of hydrogen-bond acceptors (Lipinski definition) is 20. The highest BCUT2D eigenvalue weighted by Crippen LogP contribution is 2.50. The summed E-state index contributed by atoms with van der Waals surface area (Å²) < 4.78 is 79.8. The van der Waals surface area contributed by atoms with Gasteiger partial charge in [0, 0.05) is 64.2 Å². The maximum absolute atomic E-state index is 14.2. The Morgan fingerprint density at radius 1 is 0.477 bits per heavy atom. The van der Waals surface area contributed by atoms with Gasteiger partial charge in [-0.2, -0.15) is 0 Å². The molecule has 0 radical (unpaired) electrons. The van der Waals surface area contributed by atoms with E-state index in [0.717, 1.165) is 99.3 Å². The number of aliphatic hydroxyl groups excluding tert-OH is 4. The maximum Gasteiger partial charge on any atom is 0.193 e. The van der Waals surface area contributed by atoms with E-state index in [1.807, 2.05) is 6.08 Å². The first kappa shape index (κ1) is 87.3. The topological polar surface area (TPSA) is 260 Å². The van der Waals surface area contributed by atoms with E-state index in [4.69, 9.17) is 56.5 Å². The summed E-state index contributed by atoms with van der Waals surface area (Å²) in [5.74, 6) is 2.01. The summed E-state index contributed by atoms with van der Waals surface area (Å²) in [7, 11) is -2.23. The highest BCUT2D eigenvalue weighted by molar-refractivity contribution is 6.74. The minimum atomic E-state index is -2.23. The minimum Gasteiger partial charge on any atom is -0.408 e. The van der Waals surface area contributed by atoms with Crippen LogP contribution in [0.4, 0.5) is 0 Å². The molecule has 111 heavy (non-hydrogen) atoms. The van der Waals surface area contributed by atoms with Crippen LogP contribution in [0.1, 0.15) is 243 Å². The van der Waals surface area contributed by atoms with E-state index in [1.165, 1.54) is 0 Å². The van der Waals surface area contributed by atoms with Crippen molar-refractivity contribution in [2.24, 2.45) is 53.3 Å². The first-order valence-corrected chi connectivity index (χ1v) is 46.5. The molecule has 12 saturated heterocycles. The molecule has 0 saturated carbocycles. The van der Waals surface area contributed by atoms with Crippen LogP contribution in [-0.2, 0) is 75.7 Å². The van der Waals surface area contributed by atoms with Crippen LogP contribution in [0.2, 0.25) is 18.1 Å². The summed E-state index contributed by atoms with van der Waals surface area (Å²) in [6.45, 7) is 46.5.